The van der Waals surface area contributed by atoms with Gasteiger partial charge in [-0.05, 0) is 79.9 Å². The molecule has 0 unspecified atom stereocenters. The van der Waals surface area contributed by atoms with Crippen LogP contribution in [0.15, 0.2) is 187 Å². The van der Waals surface area contributed by atoms with E-state index in [4.69, 9.17) is 9.40 Å². The number of pyridine rings is 1. The number of fused-ring (bicyclic) bond motifs is 7. The summed E-state index contributed by atoms with van der Waals surface area (Å²) in [6, 6.07) is 70.6. The molecule has 69 heavy (non-hydrogen) atoms. The molecule has 0 spiro atoms. The first kappa shape index (κ1) is 44.2. The summed E-state index contributed by atoms with van der Waals surface area (Å²) in [5.74, 6) is 0.831. The molecule has 0 N–H and O–H groups in total. The van der Waals surface area contributed by atoms with Gasteiger partial charge < -0.3 is 13.6 Å². The summed E-state index contributed by atoms with van der Waals surface area (Å²) >= 11 is 0. The Kier molecular flexibility index (Phi) is 10.9. The summed E-state index contributed by atoms with van der Waals surface area (Å²) in [5.41, 5.74) is 17.1. The average Bonchev–Trinajstić information content (AvgIpc) is 4.03. The molecular weight excluding hydrogens is 1020 g/mol. The molecule has 4 heterocycles. The van der Waals surface area contributed by atoms with Crippen LogP contribution in [0.3, 0.4) is 0 Å². The number of hydrogen-bond donors (Lipinski definition) is 0. The fourth-order valence-corrected chi connectivity index (χ4v) is 9.95. The second-order valence-electron chi connectivity index (χ2n) is 20.1. The molecule has 0 atom stereocenters. The summed E-state index contributed by atoms with van der Waals surface area (Å²) in [5, 5.41) is 4.31. The van der Waals surface area contributed by atoms with Gasteiger partial charge in [-0.2, -0.15) is 53.6 Å². The zero-order valence-corrected chi connectivity index (χ0v) is 41.8. The van der Waals surface area contributed by atoms with E-state index in [-0.39, 0.29) is 31.9 Å². The Balaban J connectivity index is 0.00000520. The summed E-state index contributed by atoms with van der Waals surface area (Å²) in [4.78, 5) is 5.02. The van der Waals surface area contributed by atoms with Gasteiger partial charge in [0.15, 0.2) is 0 Å². The third kappa shape index (κ3) is 7.70. The van der Waals surface area contributed by atoms with E-state index in [0.717, 1.165) is 94.2 Å². The first-order valence-corrected chi connectivity index (χ1v) is 23.5. The summed E-state index contributed by atoms with van der Waals surface area (Å²) in [6.45, 7) is 13.8. The van der Waals surface area contributed by atoms with E-state index in [1.165, 1.54) is 22.3 Å². The van der Waals surface area contributed by atoms with E-state index in [0.29, 0.717) is 6.42 Å². The van der Waals surface area contributed by atoms with Crippen LogP contribution in [0, 0.1) is 18.5 Å². The van der Waals surface area contributed by atoms with E-state index in [9.17, 15) is 0 Å². The van der Waals surface area contributed by atoms with Crippen LogP contribution in [0.4, 0.5) is 0 Å². The Morgan fingerprint density at radius 3 is 2.01 bits per heavy atom. The average molecular weight is 1070 g/mol. The van der Waals surface area contributed by atoms with Crippen molar-refractivity contribution in [2.45, 2.75) is 58.8 Å². The van der Waals surface area contributed by atoms with Crippen LogP contribution >= 0.6 is 0 Å². The number of hydrogen-bond acceptors (Lipinski definition) is 2. The molecule has 0 aliphatic carbocycles. The van der Waals surface area contributed by atoms with Crippen molar-refractivity contribution in [2.75, 3.05) is 0 Å². The molecule has 4 aromatic heterocycles. The molecule has 0 radical (unpaired) electrons. The van der Waals surface area contributed by atoms with Crippen LogP contribution in [-0.4, -0.2) is 14.1 Å². The number of furan rings is 1. The minimum atomic E-state index is -0.0889. The van der Waals surface area contributed by atoms with Crippen LogP contribution in [0.5, 0.6) is 0 Å². The molecule has 8 aromatic carbocycles. The predicted molar refractivity (Wildman–Crippen MR) is 278 cm³/mol. The van der Waals surface area contributed by atoms with Crippen molar-refractivity contribution >= 4 is 54.8 Å². The Morgan fingerprint density at radius 1 is 0.551 bits per heavy atom. The number of benzene rings is 8. The van der Waals surface area contributed by atoms with Gasteiger partial charge in [0.05, 0.1) is 22.1 Å². The number of aromatic nitrogens is 4. The summed E-state index contributed by atoms with van der Waals surface area (Å²) in [7, 11) is 0. The van der Waals surface area contributed by atoms with Crippen LogP contribution < -0.4 is 4.57 Å². The Labute approximate surface area is 417 Å². The van der Waals surface area contributed by atoms with Gasteiger partial charge in [0.2, 0.25) is 0 Å². The first-order valence-electron chi connectivity index (χ1n) is 23.5. The summed E-state index contributed by atoms with van der Waals surface area (Å²) < 4.78 is 13.0. The minimum absolute atomic E-state index is 0. The third-order valence-corrected chi connectivity index (χ3v) is 13.5. The van der Waals surface area contributed by atoms with Crippen LogP contribution in [0.1, 0.15) is 63.8 Å². The van der Waals surface area contributed by atoms with Gasteiger partial charge in [-0.25, -0.2) is 4.98 Å². The number of para-hydroxylation sites is 4. The van der Waals surface area contributed by atoms with Gasteiger partial charge in [-0.15, -0.1) is 5.39 Å². The number of rotatable bonds is 7. The molecule has 0 aliphatic heterocycles. The van der Waals surface area contributed by atoms with Gasteiger partial charge >= 0.3 is 0 Å². The minimum Gasteiger partial charge on any atom is -0.456 e. The third-order valence-electron chi connectivity index (χ3n) is 13.5. The van der Waals surface area contributed by atoms with Crippen LogP contribution in [-0.2, 0) is 38.3 Å². The number of nitrogens with zero attached hydrogens (tertiary/aromatic N) is 4. The van der Waals surface area contributed by atoms with Crippen molar-refractivity contribution in [2.24, 2.45) is 0 Å². The maximum atomic E-state index is 6.33. The fourth-order valence-electron chi connectivity index (χ4n) is 9.95. The van der Waals surface area contributed by atoms with Gasteiger partial charge in [-0.3, -0.25) is 4.57 Å². The molecule has 12 rings (SSSR count). The Morgan fingerprint density at radius 2 is 1.22 bits per heavy atom. The summed E-state index contributed by atoms with van der Waals surface area (Å²) in [6.07, 6.45) is 6.38. The molecule has 0 amide bonds. The van der Waals surface area contributed by atoms with Crippen LogP contribution in [0.25, 0.3) is 94.2 Å². The maximum Gasteiger partial charge on any atom is 0.268 e. The van der Waals surface area contributed by atoms with Crippen molar-refractivity contribution in [1.82, 2.24) is 14.1 Å². The van der Waals surface area contributed by atoms with E-state index in [1.807, 2.05) is 24.4 Å². The van der Waals surface area contributed by atoms with Gasteiger partial charge in [0.25, 0.3) is 6.33 Å². The van der Waals surface area contributed by atoms with E-state index in [1.54, 1.807) is 0 Å². The molecular formula is C63H50N4OPt-2. The van der Waals surface area contributed by atoms with Crippen molar-refractivity contribution in [3.05, 3.63) is 223 Å². The fraction of sp³-hybridized carbons (Fsp3) is 0.143. The van der Waals surface area contributed by atoms with E-state index in [2.05, 4.69) is 231 Å². The van der Waals surface area contributed by atoms with Crippen LogP contribution in [0.2, 0.25) is 0 Å². The second-order valence-corrected chi connectivity index (χ2v) is 20.1. The normalized spacial score (nSPS) is 12.1. The van der Waals surface area contributed by atoms with E-state index >= 15 is 0 Å². The molecule has 340 valence electrons. The molecule has 6 heteroatoms. The van der Waals surface area contributed by atoms with Crippen molar-refractivity contribution in [3.8, 4) is 39.4 Å². The molecule has 0 bridgehead atoms. The van der Waals surface area contributed by atoms with Gasteiger partial charge in [0, 0.05) is 38.2 Å². The first-order chi connectivity index (χ1) is 33.0. The molecule has 12 aromatic rings. The van der Waals surface area contributed by atoms with Gasteiger partial charge in [-0.1, -0.05) is 174 Å². The van der Waals surface area contributed by atoms with Crippen molar-refractivity contribution < 1.29 is 30.0 Å². The van der Waals surface area contributed by atoms with E-state index < -0.39 is 0 Å². The second kappa shape index (κ2) is 17.0. The van der Waals surface area contributed by atoms with Crippen molar-refractivity contribution in [1.29, 1.82) is 0 Å². The number of imidazole rings is 1. The van der Waals surface area contributed by atoms with Gasteiger partial charge in [0.1, 0.15) is 17.0 Å². The van der Waals surface area contributed by atoms with Crippen molar-refractivity contribution in [3.63, 3.8) is 0 Å². The molecule has 5 nitrogen and oxygen atoms in total. The quantitative estimate of drug-likeness (QED) is 0.118. The molecule has 0 fully saturated rings. The molecule has 0 saturated carbocycles. The SMILES string of the molecule is CC(C)(C)c1cccc(-c2cc(C(C)(C)C)cc(-c3ccccc3)c2-[n+]2[c-]n(-c3[c-]c(Cc4[c-]c5c(cc4)c4ccccc4n5-c4nccc5oc6ccccc6c45)ccc3)c3ccccc32)c1.[Pt]. The smallest absolute Gasteiger partial charge is 0.268 e. The largest absolute Gasteiger partial charge is 0.456 e. The topological polar surface area (TPSA) is 39.8 Å². The standard InChI is InChI=1S/C63H50N4O.Pt/c1-62(2,3)45-22-17-21-44(37-45)52-39-46(63(4,5)6)38-51(43-19-8-7-9-20-43)60(52)66-40-65(54-27-13-14-28-55(54)66)47-23-16-18-41(35-47)34-42-30-31-49-48-24-10-12-26-53(48)67(56(49)36-42)61-59-50-25-11-15-29-57(50)68-58(59)32-33-64-61;/h7-33,37-39H,34H2,1-6H3;/q-2;. The Hall–Kier alpha value is -7.33. The monoisotopic (exact) mass is 1070 g/mol. The predicted octanol–water partition coefficient (Wildman–Crippen LogP) is 15.2. The zero-order chi connectivity index (χ0) is 46.3. The molecule has 0 saturated heterocycles. The maximum absolute atomic E-state index is 6.33. The zero-order valence-electron chi connectivity index (χ0n) is 39.5. The molecule has 0 aliphatic rings. The Bertz CT molecular complexity index is 3920.